The van der Waals surface area contributed by atoms with Gasteiger partial charge < -0.3 is 10.6 Å². The molecular weight excluding hydrogens is 194 g/mol. The van der Waals surface area contributed by atoms with Gasteiger partial charge in [-0.15, -0.1) is 0 Å². The molecule has 1 aromatic heterocycles. The molecule has 0 saturated carbocycles. The smallest absolute Gasteiger partial charge is 0.268 e. The van der Waals surface area contributed by atoms with E-state index in [0.29, 0.717) is 5.69 Å². The van der Waals surface area contributed by atoms with E-state index in [-0.39, 0.29) is 24.1 Å². The number of pyridine rings is 1. The van der Waals surface area contributed by atoms with Crippen molar-refractivity contribution in [2.75, 3.05) is 6.54 Å². The predicted octanol–water partition coefficient (Wildman–Crippen LogP) is -0.331. The number of piperazine rings is 1. The summed E-state index contributed by atoms with van der Waals surface area (Å²) in [5.41, 5.74) is 0.856. The third-order valence-electron chi connectivity index (χ3n) is 1.91. The maximum atomic E-state index is 11.3. The lowest BCUT2D eigenvalue weighted by molar-refractivity contribution is -0.127. The third kappa shape index (κ3) is 2.19. The molecule has 1 aliphatic rings. The summed E-state index contributed by atoms with van der Waals surface area (Å²) in [6.45, 7) is 0.0262. The monoisotopic (exact) mass is 203 g/mol. The number of aromatic nitrogens is 1. The van der Waals surface area contributed by atoms with Crippen LogP contribution in [-0.4, -0.2) is 23.3 Å². The summed E-state index contributed by atoms with van der Waals surface area (Å²) in [6.07, 6.45) is 3.15. The quantitative estimate of drug-likeness (QED) is 0.614. The molecule has 2 rings (SSSR count). The first-order valence-electron chi connectivity index (χ1n) is 4.46. The number of amides is 2. The lowest BCUT2D eigenvalue weighted by Gasteiger charge is -2.15. The zero-order valence-electron chi connectivity index (χ0n) is 7.86. The highest BCUT2D eigenvalue weighted by Crippen LogP contribution is 2.03. The van der Waals surface area contributed by atoms with Crippen LogP contribution in [0.25, 0.3) is 6.08 Å². The number of nitrogens with one attached hydrogen (secondary N) is 2. The van der Waals surface area contributed by atoms with E-state index < -0.39 is 0 Å². The number of carbonyl (C=O) groups is 2. The summed E-state index contributed by atoms with van der Waals surface area (Å²) in [6, 6.07) is 5.34. The molecule has 0 unspecified atom stereocenters. The Morgan fingerprint density at radius 2 is 2.20 bits per heavy atom. The molecule has 0 spiro atoms. The molecule has 2 heterocycles. The molecule has 0 aliphatic carbocycles. The Hall–Kier alpha value is -2.17. The van der Waals surface area contributed by atoms with Gasteiger partial charge in [-0.1, -0.05) is 6.07 Å². The molecule has 15 heavy (non-hydrogen) atoms. The molecule has 0 atom stereocenters. The summed E-state index contributed by atoms with van der Waals surface area (Å²) in [5.74, 6) is -0.517. The molecule has 76 valence electrons. The SMILES string of the molecule is O=C1CNC(=O)C(=Cc2ccccn2)N1. The zero-order chi connectivity index (χ0) is 10.7. The fourth-order valence-electron chi connectivity index (χ4n) is 1.22. The van der Waals surface area contributed by atoms with Gasteiger partial charge in [0.1, 0.15) is 5.70 Å². The molecule has 0 aromatic carbocycles. The second-order valence-electron chi connectivity index (χ2n) is 3.04. The Morgan fingerprint density at radius 1 is 1.33 bits per heavy atom. The van der Waals surface area contributed by atoms with Crippen molar-refractivity contribution in [3.8, 4) is 0 Å². The van der Waals surface area contributed by atoms with Crippen molar-refractivity contribution in [2.45, 2.75) is 0 Å². The van der Waals surface area contributed by atoms with E-state index in [1.807, 2.05) is 6.07 Å². The Balaban J connectivity index is 2.25. The van der Waals surface area contributed by atoms with E-state index in [1.165, 1.54) is 6.08 Å². The van der Waals surface area contributed by atoms with Crippen LogP contribution in [0.5, 0.6) is 0 Å². The predicted molar refractivity (Wildman–Crippen MR) is 53.4 cm³/mol. The van der Waals surface area contributed by atoms with Crippen LogP contribution in [0.15, 0.2) is 30.1 Å². The Kier molecular flexibility index (Phi) is 2.45. The van der Waals surface area contributed by atoms with Gasteiger partial charge in [-0.3, -0.25) is 14.6 Å². The summed E-state index contributed by atoms with van der Waals surface area (Å²) in [5, 5.41) is 4.94. The van der Waals surface area contributed by atoms with Crippen molar-refractivity contribution in [2.24, 2.45) is 0 Å². The van der Waals surface area contributed by atoms with Crippen molar-refractivity contribution in [3.63, 3.8) is 0 Å². The number of carbonyl (C=O) groups excluding carboxylic acids is 2. The maximum absolute atomic E-state index is 11.3. The van der Waals surface area contributed by atoms with Gasteiger partial charge in [0.2, 0.25) is 5.91 Å². The highest BCUT2D eigenvalue weighted by molar-refractivity contribution is 6.05. The minimum atomic E-state index is -0.291. The molecule has 1 fully saturated rings. The fraction of sp³-hybridized carbons (Fsp3) is 0.100. The standard InChI is InChI=1S/C10H9N3O2/c14-9-6-12-10(15)8(13-9)5-7-3-1-2-4-11-7/h1-5H,6H2,(H,12,15)(H,13,14). The van der Waals surface area contributed by atoms with Crippen LogP contribution >= 0.6 is 0 Å². The van der Waals surface area contributed by atoms with Crippen LogP contribution in [-0.2, 0) is 9.59 Å². The summed E-state index contributed by atoms with van der Waals surface area (Å²) in [7, 11) is 0. The summed E-state index contributed by atoms with van der Waals surface area (Å²) < 4.78 is 0. The Bertz CT molecular complexity index is 426. The van der Waals surface area contributed by atoms with Gasteiger partial charge in [-0.25, -0.2) is 0 Å². The average molecular weight is 203 g/mol. The van der Waals surface area contributed by atoms with Gasteiger partial charge in [-0.2, -0.15) is 0 Å². The summed E-state index contributed by atoms with van der Waals surface area (Å²) in [4.78, 5) is 26.4. The molecule has 1 saturated heterocycles. The second-order valence-corrected chi connectivity index (χ2v) is 3.04. The molecule has 2 amide bonds. The van der Waals surface area contributed by atoms with Crippen LogP contribution in [0.1, 0.15) is 5.69 Å². The topological polar surface area (TPSA) is 71.1 Å². The van der Waals surface area contributed by atoms with Gasteiger partial charge in [0.05, 0.1) is 12.2 Å². The Morgan fingerprint density at radius 3 is 2.93 bits per heavy atom. The maximum Gasteiger partial charge on any atom is 0.268 e. The van der Waals surface area contributed by atoms with Crippen molar-refractivity contribution in [3.05, 3.63) is 35.8 Å². The van der Waals surface area contributed by atoms with E-state index in [4.69, 9.17) is 0 Å². The minimum absolute atomic E-state index is 0.0262. The number of hydrogen-bond donors (Lipinski definition) is 2. The first-order chi connectivity index (χ1) is 7.25. The number of rotatable bonds is 1. The van der Waals surface area contributed by atoms with Gasteiger partial charge in [-0.05, 0) is 18.2 Å². The first-order valence-corrected chi connectivity index (χ1v) is 4.46. The Labute approximate surface area is 86.2 Å². The van der Waals surface area contributed by atoms with E-state index in [1.54, 1.807) is 18.3 Å². The van der Waals surface area contributed by atoms with Gasteiger partial charge in [0, 0.05) is 6.20 Å². The second kappa shape index (κ2) is 3.91. The van der Waals surface area contributed by atoms with Crippen molar-refractivity contribution < 1.29 is 9.59 Å². The molecular formula is C10H9N3O2. The largest absolute Gasteiger partial charge is 0.342 e. The average Bonchev–Trinajstić information content (AvgIpc) is 2.25. The molecule has 5 nitrogen and oxygen atoms in total. The van der Waals surface area contributed by atoms with Crippen LogP contribution in [0.4, 0.5) is 0 Å². The molecule has 0 radical (unpaired) electrons. The number of hydrogen-bond acceptors (Lipinski definition) is 3. The molecule has 1 aliphatic heterocycles. The van der Waals surface area contributed by atoms with E-state index >= 15 is 0 Å². The molecule has 1 aromatic rings. The lowest BCUT2D eigenvalue weighted by atomic mass is 10.2. The van der Waals surface area contributed by atoms with Crippen molar-refractivity contribution in [1.82, 2.24) is 15.6 Å². The molecule has 2 N–H and O–H groups in total. The minimum Gasteiger partial charge on any atom is -0.342 e. The van der Waals surface area contributed by atoms with Crippen LogP contribution < -0.4 is 10.6 Å². The molecule has 0 bridgehead atoms. The number of nitrogens with zero attached hydrogens (tertiary/aromatic N) is 1. The normalized spacial score (nSPS) is 18.5. The van der Waals surface area contributed by atoms with Crippen molar-refractivity contribution >= 4 is 17.9 Å². The van der Waals surface area contributed by atoms with E-state index in [0.717, 1.165) is 0 Å². The highest BCUT2D eigenvalue weighted by Gasteiger charge is 2.19. The van der Waals surface area contributed by atoms with Crippen molar-refractivity contribution in [1.29, 1.82) is 0 Å². The third-order valence-corrected chi connectivity index (χ3v) is 1.91. The molecule has 5 heteroatoms. The van der Waals surface area contributed by atoms with Gasteiger partial charge >= 0.3 is 0 Å². The van der Waals surface area contributed by atoms with E-state index in [9.17, 15) is 9.59 Å². The van der Waals surface area contributed by atoms with Crippen LogP contribution in [0.3, 0.4) is 0 Å². The van der Waals surface area contributed by atoms with Gasteiger partial charge in [0.15, 0.2) is 0 Å². The first kappa shape index (κ1) is 9.39. The van der Waals surface area contributed by atoms with Crippen LogP contribution in [0, 0.1) is 0 Å². The summed E-state index contributed by atoms with van der Waals surface area (Å²) >= 11 is 0. The lowest BCUT2D eigenvalue weighted by Crippen LogP contribution is -2.46. The zero-order valence-corrected chi connectivity index (χ0v) is 7.86. The van der Waals surface area contributed by atoms with Gasteiger partial charge in [0.25, 0.3) is 5.91 Å². The highest BCUT2D eigenvalue weighted by atomic mass is 16.2. The van der Waals surface area contributed by atoms with E-state index in [2.05, 4.69) is 15.6 Å². The van der Waals surface area contributed by atoms with Crippen LogP contribution in [0.2, 0.25) is 0 Å². The fourth-order valence-corrected chi connectivity index (χ4v) is 1.22.